The van der Waals surface area contributed by atoms with Gasteiger partial charge in [-0.25, -0.2) is 4.79 Å². The highest BCUT2D eigenvalue weighted by Gasteiger charge is 2.26. The molecule has 7 nitrogen and oxygen atoms in total. The number of esters is 1. The molecule has 1 aliphatic rings. The summed E-state index contributed by atoms with van der Waals surface area (Å²) < 4.78 is 21.1. The number of carbonyl (C=O) groups is 2. The van der Waals surface area contributed by atoms with Gasteiger partial charge in [0, 0.05) is 13.1 Å². The second-order valence-corrected chi connectivity index (χ2v) is 5.70. The van der Waals surface area contributed by atoms with Crippen LogP contribution in [-0.2, 0) is 14.3 Å². The van der Waals surface area contributed by atoms with Gasteiger partial charge in [0.05, 0.1) is 32.0 Å². The molecule has 7 heteroatoms. The van der Waals surface area contributed by atoms with Gasteiger partial charge < -0.3 is 23.8 Å². The van der Waals surface area contributed by atoms with E-state index in [1.165, 1.54) is 20.3 Å². The highest BCUT2D eigenvalue weighted by molar-refractivity contribution is 5.90. The summed E-state index contributed by atoms with van der Waals surface area (Å²) in [6.07, 6.45) is 0.0122. The topological polar surface area (TPSA) is 74.3 Å². The van der Waals surface area contributed by atoms with Crippen LogP contribution in [0.15, 0.2) is 18.2 Å². The predicted molar refractivity (Wildman–Crippen MR) is 86.4 cm³/mol. The quantitative estimate of drug-likeness (QED) is 0.758. The molecule has 0 spiro atoms. The third-order valence-corrected chi connectivity index (χ3v) is 3.71. The first kappa shape index (κ1) is 18.1. The van der Waals surface area contributed by atoms with Crippen molar-refractivity contribution in [1.29, 1.82) is 0 Å². The number of rotatable bonds is 5. The fourth-order valence-corrected chi connectivity index (χ4v) is 2.64. The molecule has 0 N–H and O–H groups in total. The Morgan fingerprint density at radius 3 is 2.42 bits per heavy atom. The largest absolute Gasteiger partial charge is 0.493 e. The average molecular weight is 337 g/mol. The van der Waals surface area contributed by atoms with Crippen LogP contribution in [0.5, 0.6) is 11.5 Å². The van der Waals surface area contributed by atoms with Gasteiger partial charge in [-0.05, 0) is 32.0 Å². The Bertz CT molecular complexity index is 593. The highest BCUT2D eigenvalue weighted by atomic mass is 16.5. The van der Waals surface area contributed by atoms with Crippen LogP contribution in [0.3, 0.4) is 0 Å². The van der Waals surface area contributed by atoms with Crippen LogP contribution in [0.2, 0.25) is 0 Å². The molecular weight excluding hydrogens is 314 g/mol. The molecule has 2 rings (SSSR count). The molecule has 1 heterocycles. The van der Waals surface area contributed by atoms with E-state index in [9.17, 15) is 9.59 Å². The SMILES string of the molecule is COC(=O)c1ccc(OCC(=O)N2C[C@H](C)O[C@@H](C)C2)c(OC)c1. The molecule has 0 saturated carbocycles. The Labute approximate surface area is 141 Å². The fraction of sp³-hybridized carbons (Fsp3) is 0.529. The molecule has 1 fully saturated rings. The smallest absolute Gasteiger partial charge is 0.337 e. The number of methoxy groups -OCH3 is 2. The molecule has 0 unspecified atom stereocenters. The summed E-state index contributed by atoms with van der Waals surface area (Å²) in [5.41, 5.74) is 0.351. The summed E-state index contributed by atoms with van der Waals surface area (Å²) in [4.78, 5) is 25.6. The minimum atomic E-state index is -0.466. The van der Waals surface area contributed by atoms with Gasteiger partial charge >= 0.3 is 5.97 Å². The molecule has 132 valence electrons. The van der Waals surface area contributed by atoms with Gasteiger partial charge in [-0.1, -0.05) is 0 Å². The molecule has 0 bridgehead atoms. The third-order valence-electron chi connectivity index (χ3n) is 3.71. The zero-order valence-electron chi connectivity index (χ0n) is 14.4. The summed E-state index contributed by atoms with van der Waals surface area (Å²) in [7, 11) is 2.78. The van der Waals surface area contributed by atoms with Gasteiger partial charge in [-0.2, -0.15) is 0 Å². The van der Waals surface area contributed by atoms with Crippen molar-refractivity contribution >= 4 is 11.9 Å². The van der Waals surface area contributed by atoms with Crippen LogP contribution >= 0.6 is 0 Å². The Kier molecular flexibility index (Phi) is 6.03. The van der Waals surface area contributed by atoms with Gasteiger partial charge in [0.2, 0.25) is 0 Å². The van der Waals surface area contributed by atoms with Crippen molar-refractivity contribution < 1.29 is 28.5 Å². The van der Waals surface area contributed by atoms with E-state index < -0.39 is 5.97 Å². The Balaban J connectivity index is 2.00. The lowest BCUT2D eigenvalue weighted by molar-refractivity contribution is -0.145. The van der Waals surface area contributed by atoms with Crippen molar-refractivity contribution in [2.24, 2.45) is 0 Å². The van der Waals surface area contributed by atoms with Gasteiger partial charge in [-0.3, -0.25) is 4.79 Å². The zero-order chi connectivity index (χ0) is 17.7. The van der Waals surface area contributed by atoms with E-state index >= 15 is 0 Å². The van der Waals surface area contributed by atoms with Gasteiger partial charge in [0.1, 0.15) is 0 Å². The first-order valence-electron chi connectivity index (χ1n) is 7.77. The predicted octanol–water partition coefficient (Wildman–Crippen LogP) is 1.50. The summed E-state index contributed by atoms with van der Waals surface area (Å²) in [5.74, 6) is 0.186. The molecule has 1 aliphatic heterocycles. The van der Waals surface area contributed by atoms with Crippen LogP contribution < -0.4 is 9.47 Å². The molecule has 1 aromatic carbocycles. The van der Waals surface area contributed by atoms with Crippen LogP contribution in [0.1, 0.15) is 24.2 Å². The summed E-state index contributed by atoms with van der Waals surface area (Å²) >= 11 is 0. The molecule has 0 radical (unpaired) electrons. The second kappa shape index (κ2) is 8.01. The van der Waals surface area contributed by atoms with E-state index in [-0.39, 0.29) is 24.7 Å². The zero-order valence-corrected chi connectivity index (χ0v) is 14.4. The summed E-state index contributed by atoms with van der Waals surface area (Å²) in [5, 5.41) is 0. The van der Waals surface area contributed by atoms with Gasteiger partial charge in [0.25, 0.3) is 5.91 Å². The molecule has 0 aliphatic carbocycles. The second-order valence-electron chi connectivity index (χ2n) is 5.70. The Morgan fingerprint density at radius 2 is 1.83 bits per heavy atom. The molecule has 1 aromatic rings. The standard InChI is InChI=1S/C17H23NO6/c1-11-8-18(9-12(2)24-11)16(19)10-23-14-6-5-13(17(20)22-4)7-15(14)21-3/h5-7,11-12H,8-10H2,1-4H3/t11-,12-/m0/s1. The number of ether oxygens (including phenoxy) is 4. The molecular formula is C17H23NO6. The number of benzene rings is 1. The fourth-order valence-electron chi connectivity index (χ4n) is 2.64. The van der Waals surface area contributed by atoms with E-state index in [1.54, 1.807) is 17.0 Å². The molecule has 2 atom stereocenters. The third kappa shape index (κ3) is 4.38. The van der Waals surface area contributed by atoms with Crippen molar-refractivity contribution in [3.8, 4) is 11.5 Å². The molecule has 1 amide bonds. The first-order valence-corrected chi connectivity index (χ1v) is 7.77. The van der Waals surface area contributed by atoms with E-state index in [1.807, 2.05) is 13.8 Å². The van der Waals surface area contributed by atoms with E-state index in [0.717, 1.165) is 0 Å². The van der Waals surface area contributed by atoms with E-state index in [2.05, 4.69) is 4.74 Å². The Morgan fingerprint density at radius 1 is 1.17 bits per heavy atom. The van der Waals surface area contributed by atoms with E-state index in [4.69, 9.17) is 14.2 Å². The van der Waals surface area contributed by atoms with Crippen LogP contribution in [-0.4, -0.2) is 62.9 Å². The maximum absolute atomic E-state index is 12.3. The maximum atomic E-state index is 12.3. The Hall–Kier alpha value is -2.28. The molecule has 0 aromatic heterocycles. The number of hydrogen-bond donors (Lipinski definition) is 0. The first-order chi connectivity index (χ1) is 11.4. The van der Waals surface area contributed by atoms with Gasteiger partial charge in [-0.15, -0.1) is 0 Å². The lowest BCUT2D eigenvalue weighted by atomic mass is 10.2. The van der Waals surface area contributed by atoms with Crippen LogP contribution in [0.25, 0.3) is 0 Å². The van der Waals surface area contributed by atoms with Crippen molar-refractivity contribution in [3.05, 3.63) is 23.8 Å². The number of nitrogens with zero attached hydrogens (tertiary/aromatic N) is 1. The van der Waals surface area contributed by atoms with E-state index in [0.29, 0.717) is 30.2 Å². The number of morpholine rings is 1. The van der Waals surface area contributed by atoms with Crippen molar-refractivity contribution in [2.45, 2.75) is 26.1 Å². The van der Waals surface area contributed by atoms with Crippen molar-refractivity contribution in [3.63, 3.8) is 0 Å². The molecule has 1 saturated heterocycles. The van der Waals surface area contributed by atoms with Crippen molar-refractivity contribution in [1.82, 2.24) is 4.90 Å². The molecule has 24 heavy (non-hydrogen) atoms. The minimum absolute atomic E-state index is 0.00609. The average Bonchev–Trinajstić information content (AvgIpc) is 2.57. The number of amides is 1. The van der Waals surface area contributed by atoms with Crippen molar-refractivity contribution in [2.75, 3.05) is 33.9 Å². The number of carbonyl (C=O) groups excluding carboxylic acids is 2. The normalized spacial score (nSPS) is 20.4. The lowest BCUT2D eigenvalue weighted by Crippen LogP contribution is -2.49. The van der Waals surface area contributed by atoms with Gasteiger partial charge in [0.15, 0.2) is 18.1 Å². The highest BCUT2D eigenvalue weighted by Crippen LogP contribution is 2.28. The minimum Gasteiger partial charge on any atom is -0.493 e. The maximum Gasteiger partial charge on any atom is 0.337 e. The van der Waals surface area contributed by atoms with Crippen LogP contribution in [0, 0.1) is 0 Å². The lowest BCUT2D eigenvalue weighted by Gasteiger charge is -2.35. The van der Waals surface area contributed by atoms with Crippen LogP contribution in [0.4, 0.5) is 0 Å². The summed E-state index contributed by atoms with van der Waals surface area (Å²) in [6, 6.07) is 4.67. The monoisotopic (exact) mass is 337 g/mol. The number of hydrogen-bond acceptors (Lipinski definition) is 6. The summed E-state index contributed by atoms with van der Waals surface area (Å²) in [6.45, 7) is 4.86.